The molecule has 0 saturated carbocycles. The van der Waals surface area contributed by atoms with Crippen LogP contribution in [0.25, 0.3) is 0 Å². The minimum absolute atomic E-state index is 0.199. The van der Waals surface area contributed by atoms with Crippen molar-refractivity contribution in [3.63, 3.8) is 0 Å². The molecule has 0 heterocycles. The van der Waals surface area contributed by atoms with Gasteiger partial charge in [-0.1, -0.05) is 18.5 Å². The van der Waals surface area contributed by atoms with Crippen LogP contribution >= 0.6 is 11.6 Å². The fourth-order valence-electron chi connectivity index (χ4n) is 1.06. The highest BCUT2D eigenvalue weighted by atomic mass is 35.5. The van der Waals surface area contributed by atoms with Crippen LogP contribution in [0.15, 0.2) is 18.2 Å². The average molecular weight is 216 g/mol. The van der Waals surface area contributed by atoms with Crippen molar-refractivity contribution in [2.45, 2.75) is 6.92 Å². The van der Waals surface area contributed by atoms with E-state index in [2.05, 4.69) is 0 Å². The third-order valence-electron chi connectivity index (χ3n) is 2.00. The second-order valence-electron chi connectivity index (χ2n) is 3.13. The minimum Gasteiger partial charge on any atom is -0.330 e. The molecule has 0 aliphatic carbocycles. The first-order valence-electron chi connectivity index (χ1n) is 4.25. The molecular formula is C10H11ClFNO. The SMILES string of the molecule is CC(CN)C(=O)c1cc(F)ccc1Cl. The van der Waals surface area contributed by atoms with Gasteiger partial charge in [-0.3, -0.25) is 4.79 Å². The van der Waals surface area contributed by atoms with E-state index in [0.717, 1.165) is 6.07 Å². The summed E-state index contributed by atoms with van der Waals surface area (Å²) in [5, 5.41) is 0.261. The Kier molecular flexibility index (Phi) is 3.61. The van der Waals surface area contributed by atoms with Crippen LogP contribution in [-0.2, 0) is 0 Å². The molecular weight excluding hydrogens is 205 g/mol. The molecule has 2 nitrogen and oxygen atoms in total. The monoisotopic (exact) mass is 215 g/mol. The van der Waals surface area contributed by atoms with Crippen LogP contribution in [0.4, 0.5) is 4.39 Å². The summed E-state index contributed by atoms with van der Waals surface area (Å²) in [5.41, 5.74) is 5.54. The van der Waals surface area contributed by atoms with Crippen molar-refractivity contribution >= 4 is 17.4 Å². The number of halogens is 2. The zero-order valence-corrected chi connectivity index (χ0v) is 8.51. The number of Topliss-reactive ketones (excluding diaryl/α,β-unsaturated/α-hetero) is 1. The topological polar surface area (TPSA) is 43.1 Å². The molecule has 0 radical (unpaired) electrons. The molecule has 2 N–H and O–H groups in total. The van der Waals surface area contributed by atoms with E-state index in [1.165, 1.54) is 12.1 Å². The fraction of sp³-hybridized carbons (Fsp3) is 0.300. The summed E-state index contributed by atoms with van der Waals surface area (Å²) in [6, 6.07) is 3.72. The molecule has 0 bridgehead atoms. The standard InChI is InChI=1S/C10H11ClFNO/c1-6(5-13)10(14)8-4-7(12)2-3-9(8)11/h2-4,6H,5,13H2,1H3. The van der Waals surface area contributed by atoms with Crippen LogP contribution in [-0.4, -0.2) is 12.3 Å². The molecule has 0 fully saturated rings. The van der Waals surface area contributed by atoms with Gasteiger partial charge in [-0.15, -0.1) is 0 Å². The Labute approximate surface area is 86.9 Å². The van der Waals surface area contributed by atoms with Crippen molar-refractivity contribution < 1.29 is 9.18 Å². The molecule has 0 amide bonds. The Morgan fingerprint density at radius 2 is 2.29 bits per heavy atom. The third kappa shape index (κ3) is 2.30. The quantitative estimate of drug-likeness (QED) is 0.786. The molecule has 0 spiro atoms. The van der Waals surface area contributed by atoms with E-state index < -0.39 is 5.82 Å². The number of carbonyl (C=O) groups is 1. The maximum absolute atomic E-state index is 12.8. The van der Waals surface area contributed by atoms with Crippen LogP contribution < -0.4 is 5.73 Å². The van der Waals surface area contributed by atoms with Gasteiger partial charge in [-0.05, 0) is 18.2 Å². The van der Waals surface area contributed by atoms with Crippen LogP contribution in [0, 0.1) is 11.7 Å². The third-order valence-corrected chi connectivity index (χ3v) is 2.32. The van der Waals surface area contributed by atoms with E-state index in [0.29, 0.717) is 0 Å². The Hall–Kier alpha value is -0.930. The number of hydrogen-bond donors (Lipinski definition) is 1. The van der Waals surface area contributed by atoms with Gasteiger partial charge >= 0.3 is 0 Å². The molecule has 1 rings (SSSR count). The van der Waals surface area contributed by atoms with Crippen molar-refractivity contribution in [1.29, 1.82) is 0 Å². The summed E-state index contributed by atoms with van der Waals surface area (Å²) >= 11 is 5.76. The first-order chi connectivity index (χ1) is 6.56. The maximum Gasteiger partial charge on any atom is 0.168 e. The number of ketones is 1. The first-order valence-corrected chi connectivity index (χ1v) is 4.63. The highest BCUT2D eigenvalue weighted by molar-refractivity contribution is 6.34. The lowest BCUT2D eigenvalue weighted by Gasteiger charge is -2.08. The zero-order chi connectivity index (χ0) is 10.7. The van der Waals surface area contributed by atoms with E-state index in [9.17, 15) is 9.18 Å². The molecule has 1 unspecified atom stereocenters. The largest absolute Gasteiger partial charge is 0.330 e. The molecule has 76 valence electrons. The summed E-state index contributed by atoms with van der Waals surface area (Å²) in [7, 11) is 0. The molecule has 0 aliphatic heterocycles. The predicted octanol–water partition coefficient (Wildman–Crippen LogP) is 2.26. The smallest absolute Gasteiger partial charge is 0.168 e. The van der Waals surface area contributed by atoms with Gasteiger partial charge in [-0.25, -0.2) is 4.39 Å². The zero-order valence-electron chi connectivity index (χ0n) is 7.76. The molecule has 1 atom stereocenters. The van der Waals surface area contributed by atoms with Crippen molar-refractivity contribution in [2.24, 2.45) is 11.7 Å². The number of nitrogens with two attached hydrogens (primary N) is 1. The molecule has 0 aliphatic rings. The predicted molar refractivity (Wildman–Crippen MR) is 54.0 cm³/mol. The minimum atomic E-state index is -0.470. The van der Waals surface area contributed by atoms with E-state index in [4.69, 9.17) is 17.3 Å². The molecule has 1 aromatic rings. The van der Waals surface area contributed by atoms with Crippen molar-refractivity contribution in [2.75, 3.05) is 6.54 Å². The van der Waals surface area contributed by atoms with Crippen LogP contribution in [0.5, 0.6) is 0 Å². The summed E-state index contributed by atoms with van der Waals surface area (Å²) in [6.07, 6.45) is 0. The molecule has 14 heavy (non-hydrogen) atoms. The summed E-state index contributed by atoms with van der Waals surface area (Å²) in [5.74, 6) is -1.03. The van der Waals surface area contributed by atoms with Crippen LogP contribution in [0.3, 0.4) is 0 Å². The van der Waals surface area contributed by atoms with Gasteiger partial charge in [0.2, 0.25) is 0 Å². The second-order valence-corrected chi connectivity index (χ2v) is 3.53. The lowest BCUT2D eigenvalue weighted by atomic mass is 9.99. The lowest BCUT2D eigenvalue weighted by molar-refractivity contribution is 0.0934. The fourth-order valence-corrected chi connectivity index (χ4v) is 1.27. The molecule has 1 aromatic carbocycles. The van der Waals surface area contributed by atoms with Gasteiger partial charge in [0.15, 0.2) is 5.78 Å². The van der Waals surface area contributed by atoms with Gasteiger partial charge in [0.1, 0.15) is 5.82 Å². The van der Waals surface area contributed by atoms with Gasteiger partial charge < -0.3 is 5.73 Å². The van der Waals surface area contributed by atoms with Gasteiger partial charge in [0.05, 0.1) is 5.02 Å². The first kappa shape index (κ1) is 11.1. The Balaban J connectivity index is 3.06. The van der Waals surface area contributed by atoms with Crippen molar-refractivity contribution in [3.05, 3.63) is 34.6 Å². The molecule has 0 aromatic heterocycles. The number of benzene rings is 1. The average Bonchev–Trinajstić information content (AvgIpc) is 2.19. The summed E-state index contributed by atoms with van der Waals surface area (Å²) in [4.78, 5) is 11.6. The Morgan fingerprint density at radius 1 is 1.64 bits per heavy atom. The highest BCUT2D eigenvalue weighted by Gasteiger charge is 2.16. The van der Waals surface area contributed by atoms with E-state index in [1.807, 2.05) is 0 Å². The van der Waals surface area contributed by atoms with E-state index in [-0.39, 0.29) is 28.8 Å². The Morgan fingerprint density at radius 3 is 2.86 bits per heavy atom. The number of hydrogen-bond acceptors (Lipinski definition) is 2. The number of carbonyl (C=O) groups excluding carboxylic acids is 1. The Bertz CT molecular complexity index is 354. The summed E-state index contributed by atoms with van der Waals surface area (Å²) in [6.45, 7) is 1.91. The van der Waals surface area contributed by atoms with Gasteiger partial charge in [0.25, 0.3) is 0 Å². The van der Waals surface area contributed by atoms with Gasteiger partial charge in [-0.2, -0.15) is 0 Å². The van der Waals surface area contributed by atoms with Crippen LogP contribution in [0.2, 0.25) is 5.02 Å². The van der Waals surface area contributed by atoms with Crippen LogP contribution in [0.1, 0.15) is 17.3 Å². The normalized spacial score (nSPS) is 12.6. The number of rotatable bonds is 3. The van der Waals surface area contributed by atoms with Crippen molar-refractivity contribution in [3.8, 4) is 0 Å². The van der Waals surface area contributed by atoms with E-state index in [1.54, 1.807) is 6.92 Å². The van der Waals surface area contributed by atoms with E-state index >= 15 is 0 Å². The maximum atomic E-state index is 12.8. The highest BCUT2D eigenvalue weighted by Crippen LogP contribution is 2.20. The summed E-state index contributed by atoms with van der Waals surface area (Å²) < 4.78 is 12.8. The molecule has 0 saturated heterocycles. The second kappa shape index (κ2) is 4.53. The van der Waals surface area contributed by atoms with Crippen molar-refractivity contribution in [1.82, 2.24) is 0 Å². The lowest BCUT2D eigenvalue weighted by Crippen LogP contribution is -2.21. The van der Waals surface area contributed by atoms with Gasteiger partial charge in [0, 0.05) is 18.0 Å². The molecule has 4 heteroatoms.